The van der Waals surface area contributed by atoms with Gasteiger partial charge >= 0.3 is 28.4 Å². The molecule has 0 heterocycles. The Hall–Kier alpha value is -1.89. The van der Waals surface area contributed by atoms with Gasteiger partial charge in [0.2, 0.25) is 0 Å². The maximum atomic E-state index is 3.67. The summed E-state index contributed by atoms with van der Waals surface area (Å²) < 4.78 is 3.34. The van der Waals surface area contributed by atoms with Gasteiger partial charge in [0.1, 0.15) is 0 Å². The molecule has 1 atom stereocenters. The van der Waals surface area contributed by atoms with Crippen molar-refractivity contribution < 1.29 is 24.2 Å². The molecular weight excluding hydrogens is 588 g/mol. The molecule has 3 aromatic rings. The zero-order valence-electron chi connectivity index (χ0n) is 27.8. The molecule has 2 aliphatic rings. The van der Waals surface area contributed by atoms with Crippen LogP contribution in [-0.4, -0.2) is 12.3 Å². The smallest absolute Gasteiger partial charge is 0.171 e. The third-order valence-corrected chi connectivity index (χ3v) is 9.30. The van der Waals surface area contributed by atoms with Gasteiger partial charge in [-0.3, -0.25) is 6.08 Å². The summed E-state index contributed by atoms with van der Waals surface area (Å²) in [6.45, 7) is 25.2. The molecular formula is C39H52SiZr-4. The Labute approximate surface area is 269 Å². The molecule has 2 heteroatoms. The van der Waals surface area contributed by atoms with Gasteiger partial charge < -0.3 is 7.43 Å². The minimum Gasteiger partial charge on any atom is -0.358 e. The molecule has 5 rings (SSSR count). The molecule has 1 unspecified atom stereocenters. The van der Waals surface area contributed by atoms with Crippen LogP contribution < -0.4 is 0 Å². The van der Waals surface area contributed by atoms with E-state index < -0.39 is 8.07 Å². The summed E-state index contributed by atoms with van der Waals surface area (Å²) in [6.07, 6.45) is 6.83. The van der Waals surface area contributed by atoms with E-state index in [4.69, 9.17) is 0 Å². The van der Waals surface area contributed by atoms with Gasteiger partial charge in [-0.05, 0) is 36.5 Å². The van der Waals surface area contributed by atoms with Crippen LogP contribution in [0.3, 0.4) is 0 Å². The summed E-state index contributed by atoms with van der Waals surface area (Å²) in [4.78, 5) is 0. The molecule has 0 nitrogen and oxygen atoms in total. The van der Waals surface area contributed by atoms with Crippen LogP contribution in [-0.2, 0) is 41.5 Å². The van der Waals surface area contributed by atoms with E-state index in [2.05, 4.69) is 134 Å². The van der Waals surface area contributed by atoms with E-state index in [0.717, 1.165) is 6.42 Å². The van der Waals surface area contributed by atoms with E-state index in [9.17, 15) is 0 Å². The van der Waals surface area contributed by atoms with Crippen LogP contribution in [0.25, 0.3) is 11.1 Å². The van der Waals surface area contributed by atoms with Crippen molar-refractivity contribution in [1.29, 1.82) is 0 Å². The van der Waals surface area contributed by atoms with E-state index in [0.29, 0.717) is 5.92 Å². The first kappa shape index (κ1) is 37.1. The molecule has 3 aromatic carbocycles. The Balaban J connectivity index is 0.000000351. The Morgan fingerprint density at radius 1 is 0.854 bits per heavy atom. The van der Waals surface area contributed by atoms with Gasteiger partial charge in [-0.1, -0.05) is 105 Å². The SMILES string of the molecule is CC(C)(C)c1[c-]c2c(cc1)-c1ccc(C(C)(C)C)cc1C2.CC1=[C-]C(C)C=C1[Si](C)(C)C.[CH2]=[Zr].[CH3-].[c-]1ccccc1. The standard InChI is InChI=1S/C21H25.C10H17Si.C6H5.CH3.CH2.Zr/c1-20(2,3)16-7-9-18-14(12-16)11-15-13-17(21(4,5)6)8-10-19(15)18;1-8-6-9(2)10(7-8)11(3,4)5;1-2-4-6-5-3-1;;;/h7-10,12H,11H2,1-6H3;7-8H,1-5H3;1-5H;1H3;1H2;/q4*-1;;. The molecule has 2 aliphatic carbocycles. The van der Waals surface area contributed by atoms with Gasteiger partial charge in [-0.25, -0.2) is 10.8 Å². The van der Waals surface area contributed by atoms with Gasteiger partial charge in [0.15, 0.2) is 0 Å². The molecule has 0 saturated carbocycles. The molecule has 0 amide bonds. The van der Waals surface area contributed by atoms with Crippen molar-refractivity contribution in [2.24, 2.45) is 5.92 Å². The number of allylic oxidation sites excluding steroid dienone is 4. The van der Waals surface area contributed by atoms with Crippen molar-refractivity contribution in [2.45, 2.75) is 92.3 Å². The Bertz CT molecular complexity index is 1220. The molecule has 0 bridgehead atoms. The van der Waals surface area contributed by atoms with Crippen LogP contribution in [0, 0.1) is 31.6 Å². The molecule has 220 valence electrons. The van der Waals surface area contributed by atoms with Gasteiger partial charge in [0.05, 0.1) is 0 Å². The first-order valence-corrected chi connectivity index (χ1v) is 19.6. The largest absolute Gasteiger partial charge is 0.358 e. The second-order valence-electron chi connectivity index (χ2n) is 13.8. The third-order valence-electron chi connectivity index (χ3n) is 7.14. The molecule has 0 aromatic heterocycles. The number of hydrogen-bond donors (Lipinski definition) is 0. The average molecular weight is 640 g/mol. The predicted octanol–water partition coefficient (Wildman–Crippen LogP) is 10.7. The van der Waals surface area contributed by atoms with Gasteiger partial charge in [-0.15, -0.1) is 11.1 Å². The zero-order valence-corrected chi connectivity index (χ0v) is 31.3. The molecule has 0 N–H and O–H groups in total. The monoisotopic (exact) mass is 638 g/mol. The number of hydrogen-bond acceptors (Lipinski definition) is 0. The molecule has 41 heavy (non-hydrogen) atoms. The Morgan fingerprint density at radius 2 is 1.44 bits per heavy atom. The van der Waals surface area contributed by atoms with E-state index >= 15 is 0 Å². The normalized spacial score (nSPS) is 15.1. The van der Waals surface area contributed by atoms with E-state index in [1.165, 1.54) is 63.2 Å². The second-order valence-corrected chi connectivity index (χ2v) is 18.8. The Kier molecular flexibility index (Phi) is 14.1. The van der Waals surface area contributed by atoms with Crippen LogP contribution in [0.15, 0.2) is 77.5 Å². The fourth-order valence-electron chi connectivity index (χ4n) is 5.02. The van der Waals surface area contributed by atoms with Crippen LogP contribution in [0.5, 0.6) is 0 Å². The first-order chi connectivity index (χ1) is 18.6. The summed E-state index contributed by atoms with van der Waals surface area (Å²) in [5.41, 5.74) is 10.1. The predicted molar refractivity (Wildman–Crippen MR) is 183 cm³/mol. The number of fused-ring (bicyclic) bond motifs is 3. The molecule has 0 radical (unpaired) electrons. The van der Waals surface area contributed by atoms with Crippen LogP contribution in [0.2, 0.25) is 19.6 Å². The van der Waals surface area contributed by atoms with Crippen LogP contribution >= 0.6 is 0 Å². The maximum Gasteiger partial charge on any atom is -0.171 e. The quantitative estimate of drug-likeness (QED) is 0.144. The summed E-state index contributed by atoms with van der Waals surface area (Å²) in [5, 5.41) is 1.60. The summed E-state index contributed by atoms with van der Waals surface area (Å²) in [5.74, 6) is 0.553. The number of benzene rings is 3. The van der Waals surface area contributed by atoms with Crippen LogP contribution in [0.4, 0.5) is 0 Å². The average Bonchev–Trinajstić information content (AvgIpc) is 3.44. The summed E-state index contributed by atoms with van der Waals surface area (Å²) >= 11 is 1.30. The van der Waals surface area contributed by atoms with Gasteiger partial charge in [0.25, 0.3) is 0 Å². The minimum absolute atomic E-state index is 0. The van der Waals surface area contributed by atoms with Crippen molar-refractivity contribution in [3.8, 4) is 11.1 Å². The van der Waals surface area contributed by atoms with Crippen molar-refractivity contribution in [3.05, 3.63) is 125 Å². The molecule has 0 aliphatic heterocycles. The van der Waals surface area contributed by atoms with Crippen LogP contribution in [0.1, 0.15) is 77.6 Å². The zero-order chi connectivity index (χ0) is 30.3. The fraction of sp³-hybridized carbons (Fsp3) is 0.385. The maximum absolute atomic E-state index is 3.67. The first-order valence-electron chi connectivity index (χ1n) is 14.4. The van der Waals surface area contributed by atoms with Gasteiger partial charge in [-0.2, -0.15) is 66.2 Å². The molecule has 0 saturated heterocycles. The van der Waals surface area contributed by atoms with Crippen molar-refractivity contribution in [2.75, 3.05) is 0 Å². The van der Waals surface area contributed by atoms with Gasteiger partial charge in [0, 0.05) is 0 Å². The minimum atomic E-state index is -1.07. The summed E-state index contributed by atoms with van der Waals surface area (Å²) in [7, 11) is -1.07. The third kappa shape index (κ3) is 10.7. The molecule has 0 fully saturated rings. The Morgan fingerprint density at radius 3 is 1.83 bits per heavy atom. The molecule has 0 spiro atoms. The summed E-state index contributed by atoms with van der Waals surface area (Å²) in [6, 6.07) is 27.7. The van der Waals surface area contributed by atoms with E-state index in [1.807, 2.05) is 30.3 Å². The van der Waals surface area contributed by atoms with E-state index in [1.54, 1.807) is 5.20 Å². The van der Waals surface area contributed by atoms with Crippen molar-refractivity contribution in [3.63, 3.8) is 0 Å². The van der Waals surface area contributed by atoms with E-state index in [-0.39, 0.29) is 18.3 Å². The fourth-order valence-corrected chi connectivity index (χ4v) is 6.97. The second kappa shape index (κ2) is 15.5. The van der Waals surface area contributed by atoms with Crippen molar-refractivity contribution in [1.82, 2.24) is 0 Å². The van der Waals surface area contributed by atoms with Crippen molar-refractivity contribution >= 4 is 12.3 Å². The topological polar surface area (TPSA) is 0 Å². The number of rotatable bonds is 1.